The first-order chi connectivity index (χ1) is 17.2. The van der Waals surface area contributed by atoms with Crippen LogP contribution in [0, 0.1) is 0 Å². The van der Waals surface area contributed by atoms with E-state index in [9.17, 15) is 4.79 Å². The van der Waals surface area contributed by atoms with Crippen molar-refractivity contribution in [3.05, 3.63) is 59.8 Å². The van der Waals surface area contributed by atoms with Crippen LogP contribution < -0.4 is 5.32 Å². The number of anilines is 1. The van der Waals surface area contributed by atoms with Crippen molar-refractivity contribution in [2.24, 2.45) is 0 Å². The van der Waals surface area contributed by atoms with Crippen LogP contribution in [0.2, 0.25) is 0 Å². The van der Waals surface area contributed by atoms with Gasteiger partial charge in [-0.2, -0.15) is 16.4 Å². The fraction of sp³-hybridized carbons (Fsp3) is 0.120. The molecule has 10 heteroatoms. The lowest BCUT2D eigenvalue weighted by Crippen LogP contribution is -2.10. The number of carbonyl (C=O) groups excluding carboxylic acids is 1. The number of rotatable bonds is 6. The summed E-state index contributed by atoms with van der Waals surface area (Å²) in [6, 6.07) is 7.75. The molecule has 0 aliphatic rings. The Morgan fingerprint density at radius 3 is 2.77 bits per heavy atom. The number of imidazole rings is 1. The predicted molar refractivity (Wildman–Crippen MR) is 137 cm³/mol. The first-order valence-electron chi connectivity index (χ1n) is 11.2. The fourth-order valence-corrected chi connectivity index (χ4v) is 4.65. The standard InChI is InChI=1S/C25H20N8OS/c1-2-3-21(34)28-16-8-15(9-26-10-16)18-4-5-19-23(29-18)24(33-32-19)25-30-20-12-27-11-17(22(20)31-25)14-6-7-35-13-14/h4-13H,2-3H2,1H3,(H,28,34)(H,30,31)(H,32,33). The molecule has 6 heterocycles. The van der Waals surface area contributed by atoms with Crippen molar-refractivity contribution in [1.82, 2.24) is 35.1 Å². The van der Waals surface area contributed by atoms with E-state index in [2.05, 4.69) is 41.9 Å². The van der Waals surface area contributed by atoms with Crippen LogP contribution in [0.25, 0.3) is 56.0 Å². The second kappa shape index (κ2) is 8.73. The monoisotopic (exact) mass is 480 g/mol. The Balaban J connectivity index is 1.40. The van der Waals surface area contributed by atoms with Crippen LogP contribution >= 0.6 is 11.3 Å². The number of fused-ring (bicyclic) bond motifs is 2. The normalized spacial score (nSPS) is 11.3. The third-order valence-electron chi connectivity index (χ3n) is 5.65. The lowest BCUT2D eigenvalue weighted by molar-refractivity contribution is -0.116. The van der Waals surface area contributed by atoms with Crippen LogP contribution in [-0.4, -0.2) is 41.0 Å². The maximum absolute atomic E-state index is 12.0. The lowest BCUT2D eigenvalue weighted by atomic mass is 10.1. The largest absolute Gasteiger partial charge is 0.335 e. The maximum atomic E-state index is 12.0. The van der Waals surface area contributed by atoms with Gasteiger partial charge in [0.05, 0.1) is 34.8 Å². The van der Waals surface area contributed by atoms with Crippen LogP contribution in [0.15, 0.2) is 59.8 Å². The zero-order valence-electron chi connectivity index (χ0n) is 18.7. The summed E-state index contributed by atoms with van der Waals surface area (Å²) in [6.45, 7) is 1.97. The van der Waals surface area contributed by atoms with Crippen LogP contribution in [0.3, 0.4) is 0 Å². The Bertz CT molecular complexity index is 1670. The smallest absolute Gasteiger partial charge is 0.224 e. The molecule has 6 rings (SSSR count). The molecule has 0 fully saturated rings. The number of nitrogens with one attached hydrogen (secondary N) is 3. The molecule has 3 N–H and O–H groups in total. The molecule has 0 aliphatic heterocycles. The Kier molecular flexibility index (Phi) is 5.27. The Labute approximate surface area is 203 Å². The highest BCUT2D eigenvalue weighted by Crippen LogP contribution is 2.32. The van der Waals surface area contributed by atoms with E-state index >= 15 is 0 Å². The number of aromatic amines is 2. The van der Waals surface area contributed by atoms with Gasteiger partial charge in [0, 0.05) is 29.9 Å². The van der Waals surface area contributed by atoms with E-state index in [0.717, 1.165) is 45.4 Å². The third kappa shape index (κ3) is 3.93. The summed E-state index contributed by atoms with van der Waals surface area (Å²) in [5.41, 5.74) is 7.96. The number of hydrogen-bond acceptors (Lipinski definition) is 7. The molecular weight excluding hydrogens is 460 g/mol. The van der Waals surface area contributed by atoms with Crippen LogP contribution in [-0.2, 0) is 4.79 Å². The molecule has 6 aromatic heterocycles. The molecule has 9 nitrogen and oxygen atoms in total. The van der Waals surface area contributed by atoms with E-state index in [1.54, 1.807) is 29.9 Å². The molecule has 35 heavy (non-hydrogen) atoms. The van der Waals surface area contributed by atoms with Gasteiger partial charge in [-0.3, -0.25) is 19.9 Å². The van der Waals surface area contributed by atoms with E-state index in [0.29, 0.717) is 29.1 Å². The molecule has 1 amide bonds. The molecule has 0 saturated heterocycles. The van der Waals surface area contributed by atoms with Crippen LogP contribution in [0.1, 0.15) is 19.8 Å². The van der Waals surface area contributed by atoms with Gasteiger partial charge in [-0.15, -0.1) is 0 Å². The van der Waals surface area contributed by atoms with Gasteiger partial charge in [-0.25, -0.2) is 9.97 Å². The number of nitrogens with zero attached hydrogens (tertiary/aromatic N) is 5. The number of aromatic nitrogens is 7. The average molecular weight is 481 g/mol. The van der Waals surface area contributed by atoms with Crippen molar-refractivity contribution in [2.75, 3.05) is 5.32 Å². The minimum atomic E-state index is -0.0341. The number of thiophene rings is 1. The van der Waals surface area contributed by atoms with Crippen LogP contribution in [0.4, 0.5) is 5.69 Å². The molecule has 0 radical (unpaired) electrons. The minimum Gasteiger partial charge on any atom is -0.335 e. The number of H-pyrrole nitrogens is 2. The molecule has 0 bridgehead atoms. The van der Waals surface area contributed by atoms with Gasteiger partial charge in [0.25, 0.3) is 0 Å². The molecular formula is C25H20N8OS. The zero-order valence-corrected chi connectivity index (χ0v) is 19.6. The number of hydrogen-bond donors (Lipinski definition) is 3. The van der Waals surface area contributed by atoms with Crippen molar-refractivity contribution in [1.29, 1.82) is 0 Å². The molecule has 0 aromatic carbocycles. The quantitative estimate of drug-likeness (QED) is 0.292. The molecule has 0 spiro atoms. The highest BCUT2D eigenvalue weighted by molar-refractivity contribution is 7.08. The van der Waals surface area contributed by atoms with E-state index in [-0.39, 0.29) is 5.91 Å². The Hall–Kier alpha value is -4.44. The van der Waals surface area contributed by atoms with Gasteiger partial charge < -0.3 is 10.3 Å². The summed E-state index contributed by atoms with van der Waals surface area (Å²) in [5.74, 6) is 0.576. The SMILES string of the molecule is CCCC(=O)Nc1cncc(-c2ccc3[nH]nc(-c4nc5c(-c6ccsc6)cncc5[nH]4)c3n2)c1. The molecule has 0 atom stereocenters. The van der Waals surface area contributed by atoms with E-state index < -0.39 is 0 Å². The van der Waals surface area contributed by atoms with Gasteiger partial charge in [0.1, 0.15) is 11.0 Å². The molecule has 0 unspecified atom stereocenters. The molecule has 0 saturated carbocycles. The van der Waals surface area contributed by atoms with Crippen molar-refractivity contribution < 1.29 is 4.79 Å². The number of pyridine rings is 3. The van der Waals surface area contributed by atoms with Gasteiger partial charge >= 0.3 is 0 Å². The summed E-state index contributed by atoms with van der Waals surface area (Å²) >= 11 is 1.63. The van der Waals surface area contributed by atoms with Crippen LogP contribution in [0.5, 0.6) is 0 Å². The molecule has 6 aromatic rings. The molecule has 172 valence electrons. The second-order valence-electron chi connectivity index (χ2n) is 8.11. The van der Waals surface area contributed by atoms with E-state index in [1.807, 2.05) is 36.7 Å². The number of amides is 1. The summed E-state index contributed by atoms with van der Waals surface area (Å²) < 4.78 is 0. The molecule has 0 aliphatic carbocycles. The second-order valence-corrected chi connectivity index (χ2v) is 8.89. The third-order valence-corrected chi connectivity index (χ3v) is 6.34. The van der Waals surface area contributed by atoms with E-state index in [4.69, 9.17) is 9.97 Å². The van der Waals surface area contributed by atoms with Gasteiger partial charge in [-0.1, -0.05) is 6.92 Å². The number of carbonyl (C=O) groups is 1. The van der Waals surface area contributed by atoms with Gasteiger partial charge in [0.15, 0.2) is 11.5 Å². The average Bonchev–Trinajstić information content (AvgIpc) is 3.63. The summed E-state index contributed by atoms with van der Waals surface area (Å²) in [4.78, 5) is 33.7. The summed E-state index contributed by atoms with van der Waals surface area (Å²) in [7, 11) is 0. The summed E-state index contributed by atoms with van der Waals surface area (Å²) in [5, 5.41) is 14.5. The summed E-state index contributed by atoms with van der Waals surface area (Å²) in [6.07, 6.45) is 8.20. The first kappa shape index (κ1) is 21.1. The fourth-order valence-electron chi connectivity index (χ4n) is 4.00. The minimum absolute atomic E-state index is 0.0341. The lowest BCUT2D eigenvalue weighted by Gasteiger charge is -2.06. The predicted octanol–water partition coefficient (Wildman–Crippen LogP) is 5.43. The van der Waals surface area contributed by atoms with Gasteiger partial charge in [0.2, 0.25) is 5.91 Å². The van der Waals surface area contributed by atoms with Crippen molar-refractivity contribution in [3.8, 4) is 33.9 Å². The topological polar surface area (TPSA) is 125 Å². The van der Waals surface area contributed by atoms with Crippen molar-refractivity contribution in [2.45, 2.75) is 19.8 Å². The Morgan fingerprint density at radius 1 is 1.00 bits per heavy atom. The van der Waals surface area contributed by atoms with Gasteiger partial charge in [-0.05, 0) is 47.0 Å². The highest BCUT2D eigenvalue weighted by Gasteiger charge is 2.17. The zero-order chi connectivity index (χ0) is 23.8. The van der Waals surface area contributed by atoms with E-state index in [1.165, 1.54) is 0 Å². The van der Waals surface area contributed by atoms with Crippen molar-refractivity contribution >= 4 is 45.0 Å². The Morgan fingerprint density at radius 2 is 1.91 bits per heavy atom. The maximum Gasteiger partial charge on any atom is 0.224 e. The highest BCUT2D eigenvalue weighted by atomic mass is 32.1. The first-order valence-corrected chi connectivity index (χ1v) is 12.1. The van der Waals surface area contributed by atoms with Crippen molar-refractivity contribution in [3.63, 3.8) is 0 Å².